The van der Waals surface area contributed by atoms with E-state index in [9.17, 15) is 23.3 Å². The molecule has 1 amide bonds. The number of nitrogens with one attached hydrogen (secondary N) is 1. The predicted octanol–water partition coefficient (Wildman–Crippen LogP) is 3.27. The number of nitrogens with zero attached hydrogens (tertiary/aromatic N) is 1. The molecular weight excluding hydrogens is 396 g/mol. The van der Waals surface area contributed by atoms with Crippen molar-refractivity contribution >= 4 is 38.5 Å². The van der Waals surface area contributed by atoms with Gasteiger partial charge in [-0.25, -0.2) is 13.1 Å². The smallest absolute Gasteiger partial charge is 0.293 e. The van der Waals surface area contributed by atoms with Crippen molar-refractivity contribution < 1.29 is 22.9 Å². The van der Waals surface area contributed by atoms with Crippen LogP contribution in [0.15, 0.2) is 71.6 Å². The zero-order valence-corrected chi connectivity index (χ0v) is 16.0. The van der Waals surface area contributed by atoms with Gasteiger partial charge < -0.3 is 4.74 Å². The third kappa shape index (κ3) is 4.41. The van der Waals surface area contributed by atoms with Gasteiger partial charge in [0.25, 0.3) is 21.6 Å². The summed E-state index contributed by atoms with van der Waals surface area (Å²) >= 11 is 0. The van der Waals surface area contributed by atoms with Crippen molar-refractivity contribution in [3.05, 3.63) is 82.4 Å². The van der Waals surface area contributed by atoms with Gasteiger partial charge in [-0.15, -0.1) is 0 Å². The van der Waals surface area contributed by atoms with E-state index < -0.39 is 31.4 Å². The van der Waals surface area contributed by atoms with Crippen LogP contribution >= 0.6 is 0 Å². The van der Waals surface area contributed by atoms with Crippen LogP contribution in [0.25, 0.3) is 16.8 Å². The van der Waals surface area contributed by atoms with E-state index in [-0.39, 0.29) is 5.75 Å². The van der Waals surface area contributed by atoms with Gasteiger partial charge in [0, 0.05) is 6.08 Å². The maximum Gasteiger partial charge on any atom is 0.293 e. The summed E-state index contributed by atoms with van der Waals surface area (Å²) in [6, 6.07) is 16.3. The second-order valence-corrected chi connectivity index (χ2v) is 7.61. The molecule has 1 N–H and O–H groups in total. The summed E-state index contributed by atoms with van der Waals surface area (Å²) in [7, 11) is -3.16. The predicted molar refractivity (Wildman–Crippen MR) is 108 cm³/mol. The molecule has 0 spiro atoms. The number of amides is 1. The number of carbonyl (C=O) groups is 1. The Morgan fingerprint density at radius 1 is 1.10 bits per heavy atom. The molecule has 3 rings (SSSR count). The number of methoxy groups -OCH3 is 1. The molecule has 0 aliphatic heterocycles. The minimum Gasteiger partial charge on any atom is -0.497 e. The Hall–Kier alpha value is -3.72. The maximum atomic E-state index is 12.5. The maximum absolute atomic E-state index is 12.5. The SMILES string of the molecule is COc1ccc(S(=O)(=O)NC(=O)C=Cc2cccc3ccccc23)c([N+](=O)[O-])c1. The molecule has 3 aromatic carbocycles. The van der Waals surface area contributed by atoms with E-state index in [4.69, 9.17) is 4.74 Å². The molecule has 0 aliphatic rings. The van der Waals surface area contributed by atoms with E-state index in [1.165, 1.54) is 19.3 Å². The molecule has 9 heteroatoms. The lowest BCUT2D eigenvalue weighted by Gasteiger charge is -2.07. The lowest BCUT2D eigenvalue weighted by molar-refractivity contribution is -0.387. The molecule has 0 saturated heterocycles. The molecule has 3 aromatic rings. The monoisotopic (exact) mass is 412 g/mol. The van der Waals surface area contributed by atoms with Crippen LogP contribution in [0.1, 0.15) is 5.56 Å². The Morgan fingerprint density at radius 2 is 1.83 bits per heavy atom. The van der Waals surface area contributed by atoms with Crippen LogP contribution in [0.4, 0.5) is 5.69 Å². The Bertz CT molecular complexity index is 1230. The molecule has 0 atom stereocenters. The molecule has 8 nitrogen and oxygen atoms in total. The van der Waals surface area contributed by atoms with E-state index in [1.807, 2.05) is 41.1 Å². The van der Waals surface area contributed by atoms with Crippen molar-refractivity contribution in [2.45, 2.75) is 4.90 Å². The van der Waals surface area contributed by atoms with Crippen molar-refractivity contribution in [3.63, 3.8) is 0 Å². The number of rotatable bonds is 6. The molecule has 148 valence electrons. The number of nitro benzene ring substituents is 1. The molecule has 0 bridgehead atoms. The lowest BCUT2D eigenvalue weighted by atomic mass is 10.0. The fraction of sp³-hybridized carbons (Fsp3) is 0.0500. The first-order chi connectivity index (χ1) is 13.8. The van der Waals surface area contributed by atoms with Crippen LogP contribution in [-0.2, 0) is 14.8 Å². The number of ether oxygens (including phenoxy) is 1. The van der Waals surface area contributed by atoms with Gasteiger partial charge >= 0.3 is 0 Å². The van der Waals surface area contributed by atoms with Crippen LogP contribution in [0, 0.1) is 10.1 Å². The number of nitro groups is 1. The molecule has 0 fully saturated rings. The van der Waals surface area contributed by atoms with Crippen LogP contribution in [-0.4, -0.2) is 26.4 Å². The summed E-state index contributed by atoms with van der Waals surface area (Å²) in [5.74, 6) is -0.805. The molecule has 0 radical (unpaired) electrons. The van der Waals surface area contributed by atoms with E-state index in [0.29, 0.717) is 0 Å². The highest BCUT2D eigenvalue weighted by Crippen LogP contribution is 2.28. The number of sulfonamides is 1. The van der Waals surface area contributed by atoms with Crippen LogP contribution in [0.3, 0.4) is 0 Å². The normalized spacial score (nSPS) is 11.5. The van der Waals surface area contributed by atoms with Crippen LogP contribution < -0.4 is 9.46 Å². The average Bonchev–Trinajstić information content (AvgIpc) is 2.71. The van der Waals surface area contributed by atoms with E-state index in [0.717, 1.165) is 34.5 Å². The van der Waals surface area contributed by atoms with Gasteiger partial charge in [-0.1, -0.05) is 42.5 Å². The molecule has 0 unspecified atom stereocenters. The summed E-state index contributed by atoms with van der Waals surface area (Å²) in [6.45, 7) is 0. The third-order valence-corrected chi connectivity index (χ3v) is 5.52. The van der Waals surface area contributed by atoms with Gasteiger partial charge in [0.2, 0.25) is 0 Å². The van der Waals surface area contributed by atoms with E-state index >= 15 is 0 Å². The van der Waals surface area contributed by atoms with Crippen LogP contribution in [0.5, 0.6) is 5.75 Å². The van der Waals surface area contributed by atoms with Crippen molar-refractivity contribution in [2.24, 2.45) is 0 Å². The second kappa shape index (κ2) is 8.11. The van der Waals surface area contributed by atoms with Gasteiger partial charge in [-0.2, -0.15) is 0 Å². The fourth-order valence-electron chi connectivity index (χ4n) is 2.78. The Labute approximate surface area is 166 Å². The summed E-state index contributed by atoms with van der Waals surface area (Å²) in [5, 5.41) is 13.1. The topological polar surface area (TPSA) is 116 Å². The molecular formula is C20H16N2O6S. The fourth-order valence-corrected chi connectivity index (χ4v) is 3.88. The molecule has 0 heterocycles. The van der Waals surface area contributed by atoms with Crippen molar-refractivity contribution in [1.82, 2.24) is 4.72 Å². The van der Waals surface area contributed by atoms with Gasteiger partial charge in [0.1, 0.15) is 5.75 Å². The molecule has 29 heavy (non-hydrogen) atoms. The van der Waals surface area contributed by atoms with Gasteiger partial charge in [0.05, 0.1) is 18.1 Å². The number of hydrogen-bond donors (Lipinski definition) is 1. The first-order valence-corrected chi connectivity index (χ1v) is 9.85. The first kappa shape index (κ1) is 20.0. The summed E-state index contributed by atoms with van der Waals surface area (Å²) < 4.78 is 31.7. The van der Waals surface area contributed by atoms with Gasteiger partial charge in [-0.05, 0) is 34.5 Å². The quantitative estimate of drug-likeness (QED) is 0.377. The van der Waals surface area contributed by atoms with Crippen molar-refractivity contribution in [2.75, 3.05) is 7.11 Å². The summed E-state index contributed by atoms with van der Waals surface area (Å²) in [5.41, 5.74) is 0.0359. The summed E-state index contributed by atoms with van der Waals surface area (Å²) in [4.78, 5) is 21.9. The second-order valence-electron chi connectivity index (χ2n) is 5.96. The Balaban J connectivity index is 1.86. The molecule has 0 aliphatic carbocycles. The summed E-state index contributed by atoms with van der Waals surface area (Å²) in [6.07, 6.45) is 2.55. The highest BCUT2D eigenvalue weighted by atomic mass is 32.2. The highest BCUT2D eigenvalue weighted by molar-refractivity contribution is 7.90. The van der Waals surface area contributed by atoms with Gasteiger partial charge in [0.15, 0.2) is 4.90 Å². The van der Waals surface area contributed by atoms with Gasteiger partial charge in [-0.3, -0.25) is 14.9 Å². The molecule has 0 saturated carbocycles. The zero-order valence-electron chi connectivity index (χ0n) is 15.2. The lowest BCUT2D eigenvalue weighted by Crippen LogP contribution is -2.29. The Kier molecular flexibility index (Phi) is 5.60. The van der Waals surface area contributed by atoms with Crippen molar-refractivity contribution in [3.8, 4) is 5.75 Å². The first-order valence-electron chi connectivity index (χ1n) is 8.37. The third-order valence-electron chi connectivity index (χ3n) is 4.12. The minimum atomic E-state index is -4.46. The van der Waals surface area contributed by atoms with E-state index in [1.54, 1.807) is 6.07 Å². The van der Waals surface area contributed by atoms with Crippen LogP contribution in [0.2, 0.25) is 0 Å². The Morgan fingerprint density at radius 3 is 2.55 bits per heavy atom. The zero-order chi connectivity index (χ0) is 21.0. The standard InChI is InChI=1S/C20H16N2O6S/c1-28-16-10-11-19(18(13-16)22(24)25)29(26,27)21-20(23)12-9-15-7-4-6-14-5-2-3-8-17(14)15/h2-13H,1H3,(H,21,23). The number of fused-ring (bicyclic) bond motifs is 1. The number of benzene rings is 3. The van der Waals surface area contributed by atoms with E-state index in [2.05, 4.69) is 0 Å². The number of hydrogen-bond acceptors (Lipinski definition) is 6. The minimum absolute atomic E-state index is 0.123. The average molecular weight is 412 g/mol. The number of carbonyl (C=O) groups excluding carboxylic acids is 1. The van der Waals surface area contributed by atoms with Crippen molar-refractivity contribution in [1.29, 1.82) is 0 Å². The largest absolute Gasteiger partial charge is 0.497 e. The highest BCUT2D eigenvalue weighted by Gasteiger charge is 2.27. The molecule has 0 aromatic heterocycles.